The van der Waals surface area contributed by atoms with Gasteiger partial charge in [-0.1, -0.05) is 0 Å². The van der Waals surface area contributed by atoms with Crippen molar-refractivity contribution in [2.45, 2.75) is 12.8 Å². The van der Waals surface area contributed by atoms with E-state index in [-0.39, 0.29) is 0 Å². The lowest BCUT2D eigenvalue weighted by atomic mass is 9.79. The molecule has 0 saturated carbocycles. The molecule has 1 spiro atoms. The van der Waals surface area contributed by atoms with Crippen molar-refractivity contribution in [3.8, 4) is 0 Å². The van der Waals surface area contributed by atoms with Crippen LogP contribution in [0.25, 0.3) is 0 Å². The zero-order chi connectivity index (χ0) is 7.03. The smallest absolute Gasteiger partial charge is 0.0557 e. The maximum Gasteiger partial charge on any atom is 0.0557 e. The Hall–Kier alpha value is 0.210. The molecule has 0 aromatic carbocycles. The first-order valence-corrected chi connectivity index (χ1v) is 4.13. The van der Waals surface area contributed by atoms with E-state index in [1.54, 1.807) is 0 Å². The van der Waals surface area contributed by atoms with Crippen LogP contribution in [0, 0.1) is 5.41 Å². The number of piperidine rings is 1. The number of nitrogens with zero attached hydrogens (tertiary/aromatic N) is 1. The van der Waals surface area contributed by atoms with Gasteiger partial charge in [-0.2, -0.15) is 0 Å². The molecule has 2 fully saturated rings. The summed E-state index contributed by atoms with van der Waals surface area (Å²) in [4.78, 5) is 0. The summed E-state index contributed by atoms with van der Waals surface area (Å²) in [5, 5.41) is 0. The highest BCUT2D eigenvalue weighted by Crippen LogP contribution is 2.37. The van der Waals surface area contributed by atoms with Gasteiger partial charge in [0.2, 0.25) is 0 Å². The second-order valence-electron chi connectivity index (χ2n) is 3.44. The average Bonchev–Trinajstić information content (AvgIpc) is 1.85. The molecule has 0 aromatic heterocycles. The third kappa shape index (κ3) is 1.04. The first-order chi connectivity index (χ1) is 4.81. The van der Waals surface area contributed by atoms with Crippen LogP contribution in [0.3, 0.4) is 0 Å². The molecule has 3 heteroatoms. The Morgan fingerprint density at radius 3 is 2.60 bits per heavy atom. The van der Waals surface area contributed by atoms with Gasteiger partial charge in [-0.3, -0.25) is 0 Å². The molecular formula is C7H12ClNO. The maximum absolute atomic E-state index is 5.89. The van der Waals surface area contributed by atoms with E-state index in [0.717, 1.165) is 26.3 Å². The first kappa shape index (κ1) is 6.89. The lowest BCUT2D eigenvalue weighted by Crippen LogP contribution is -2.51. The van der Waals surface area contributed by atoms with Crippen LogP contribution >= 0.6 is 11.8 Å². The van der Waals surface area contributed by atoms with Gasteiger partial charge in [-0.25, -0.2) is 4.42 Å². The minimum absolute atomic E-state index is 0.444. The lowest BCUT2D eigenvalue weighted by Gasteiger charge is -2.46. The third-order valence-corrected chi connectivity index (χ3v) is 2.72. The molecule has 0 N–H and O–H groups in total. The fourth-order valence-electron chi connectivity index (χ4n) is 1.77. The van der Waals surface area contributed by atoms with Gasteiger partial charge in [0.15, 0.2) is 0 Å². The molecular weight excluding hydrogens is 150 g/mol. The van der Waals surface area contributed by atoms with E-state index in [4.69, 9.17) is 16.5 Å². The van der Waals surface area contributed by atoms with E-state index < -0.39 is 0 Å². The molecule has 0 radical (unpaired) electrons. The summed E-state index contributed by atoms with van der Waals surface area (Å²) in [6.45, 7) is 3.92. The Morgan fingerprint density at radius 1 is 1.40 bits per heavy atom. The molecule has 0 bridgehead atoms. The number of halogens is 1. The first-order valence-electron chi connectivity index (χ1n) is 3.79. The van der Waals surface area contributed by atoms with Crippen molar-refractivity contribution in [3.05, 3.63) is 0 Å². The second kappa shape index (κ2) is 2.36. The molecule has 2 saturated heterocycles. The molecule has 0 aliphatic carbocycles. The van der Waals surface area contributed by atoms with Gasteiger partial charge in [0.1, 0.15) is 0 Å². The van der Waals surface area contributed by atoms with E-state index in [1.807, 2.05) is 4.42 Å². The summed E-state index contributed by atoms with van der Waals surface area (Å²) in [7, 11) is 0. The maximum atomic E-state index is 5.89. The van der Waals surface area contributed by atoms with Crippen LogP contribution in [0.1, 0.15) is 12.8 Å². The SMILES string of the molecule is ClN1CCCC2(COC2)C1. The van der Waals surface area contributed by atoms with Gasteiger partial charge < -0.3 is 4.74 Å². The van der Waals surface area contributed by atoms with Gasteiger partial charge >= 0.3 is 0 Å². The Morgan fingerprint density at radius 2 is 2.20 bits per heavy atom. The van der Waals surface area contributed by atoms with Crippen molar-refractivity contribution in [2.24, 2.45) is 5.41 Å². The van der Waals surface area contributed by atoms with Gasteiger partial charge in [0.05, 0.1) is 13.2 Å². The summed E-state index contributed by atoms with van der Waals surface area (Å²) in [6.07, 6.45) is 2.53. The molecule has 58 valence electrons. The van der Waals surface area contributed by atoms with Gasteiger partial charge in [0.25, 0.3) is 0 Å². The monoisotopic (exact) mass is 161 g/mol. The van der Waals surface area contributed by atoms with E-state index in [9.17, 15) is 0 Å². The minimum atomic E-state index is 0.444. The lowest BCUT2D eigenvalue weighted by molar-refractivity contribution is -0.133. The molecule has 0 aromatic rings. The summed E-state index contributed by atoms with van der Waals surface area (Å²) >= 11 is 5.89. The molecule has 10 heavy (non-hydrogen) atoms. The summed E-state index contributed by atoms with van der Waals surface area (Å²) in [6, 6.07) is 0. The van der Waals surface area contributed by atoms with Crippen molar-refractivity contribution >= 4 is 11.8 Å². The van der Waals surface area contributed by atoms with Gasteiger partial charge in [0, 0.05) is 18.5 Å². The number of ether oxygens (including phenoxy) is 1. The highest BCUT2D eigenvalue weighted by Gasteiger charge is 2.41. The molecule has 2 nitrogen and oxygen atoms in total. The standard InChI is InChI=1S/C7H12ClNO/c8-9-3-1-2-7(4-9)5-10-6-7/h1-6H2. The highest BCUT2D eigenvalue weighted by atomic mass is 35.5. The predicted molar refractivity (Wildman–Crippen MR) is 39.9 cm³/mol. The molecule has 0 atom stereocenters. The van der Waals surface area contributed by atoms with Crippen LogP contribution in [-0.2, 0) is 4.74 Å². The van der Waals surface area contributed by atoms with Gasteiger partial charge in [-0.15, -0.1) is 0 Å². The molecule has 2 rings (SSSR count). The van der Waals surface area contributed by atoms with E-state index in [2.05, 4.69) is 0 Å². The third-order valence-electron chi connectivity index (χ3n) is 2.43. The Balaban J connectivity index is 1.96. The Labute approximate surface area is 66.2 Å². The highest BCUT2D eigenvalue weighted by molar-refractivity contribution is 6.13. The second-order valence-corrected chi connectivity index (χ2v) is 3.92. The zero-order valence-corrected chi connectivity index (χ0v) is 6.73. The quantitative estimate of drug-likeness (QED) is 0.496. The van der Waals surface area contributed by atoms with Crippen LogP contribution in [0.4, 0.5) is 0 Å². The Kier molecular flexibility index (Phi) is 1.63. The molecule has 0 amide bonds. The van der Waals surface area contributed by atoms with Crippen molar-refractivity contribution in [1.82, 2.24) is 4.42 Å². The molecule has 0 unspecified atom stereocenters. The topological polar surface area (TPSA) is 12.5 Å². The van der Waals surface area contributed by atoms with Crippen LogP contribution < -0.4 is 0 Å². The fourth-order valence-corrected chi connectivity index (χ4v) is 2.15. The molecule has 2 aliphatic heterocycles. The largest absolute Gasteiger partial charge is 0.380 e. The summed E-state index contributed by atoms with van der Waals surface area (Å²) < 4.78 is 7.07. The van der Waals surface area contributed by atoms with E-state index >= 15 is 0 Å². The van der Waals surface area contributed by atoms with Crippen molar-refractivity contribution in [2.75, 3.05) is 26.3 Å². The average molecular weight is 162 g/mol. The Bertz CT molecular complexity index is 136. The van der Waals surface area contributed by atoms with Crippen molar-refractivity contribution in [3.63, 3.8) is 0 Å². The zero-order valence-electron chi connectivity index (χ0n) is 5.98. The summed E-state index contributed by atoms with van der Waals surface area (Å²) in [5.74, 6) is 0. The van der Waals surface area contributed by atoms with Gasteiger partial charge in [-0.05, 0) is 24.6 Å². The van der Waals surface area contributed by atoms with Crippen molar-refractivity contribution in [1.29, 1.82) is 0 Å². The van der Waals surface area contributed by atoms with Crippen LogP contribution in [0.2, 0.25) is 0 Å². The predicted octanol–water partition coefficient (Wildman–Crippen LogP) is 1.25. The van der Waals surface area contributed by atoms with E-state index in [0.29, 0.717) is 5.41 Å². The van der Waals surface area contributed by atoms with Crippen LogP contribution in [-0.4, -0.2) is 30.7 Å². The normalized spacial score (nSPS) is 32.1. The van der Waals surface area contributed by atoms with Crippen molar-refractivity contribution < 1.29 is 4.74 Å². The van der Waals surface area contributed by atoms with E-state index in [1.165, 1.54) is 12.8 Å². The summed E-state index contributed by atoms with van der Waals surface area (Å²) in [5.41, 5.74) is 0.444. The number of hydrogen-bond acceptors (Lipinski definition) is 2. The fraction of sp³-hybridized carbons (Fsp3) is 1.00. The van der Waals surface area contributed by atoms with Crippen LogP contribution in [0.15, 0.2) is 0 Å². The minimum Gasteiger partial charge on any atom is -0.380 e. The number of hydrogen-bond donors (Lipinski definition) is 0. The number of rotatable bonds is 0. The molecule has 2 heterocycles. The van der Waals surface area contributed by atoms with Crippen LogP contribution in [0.5, 0.6) is 0 Å². The molecule has 2 aliphatic rings.